The van der Waals surface area contributed by atoms with Crippen molar-refractivity contribution in [3.05, 3.63) is 41.7 Å². The molecule has 1 aromatic heterocycles. The first-order valence-electron chi connectivity index (χ1n) is 6.41. The van der Waals surface area contributed by atoms with Crippen molar-refractivity contribution in [1.82, 2.24) is 0 Å². The Hall–Kier alpha value is -1.97. The monoisotopic (exact) mass is 253 g/mol. The van der Waals surface area contributed by atoms with Crippen LogP contribution in [-0.4, -0.2) is 19.2 Å². The summed E-state index contributed by atoms with van der Waals surface area (Å²) >= 11 is 0. The van der Waals surface area contributed by atoms with E-state index in [0.29, 0.717) is 16.8 Å². The van der Waals surface area contributed by atoms with E-state index in [1.54, 1.807) is 6.21 Å². The Morgan fingerprint density at radius 3 is 2.74 bits per heavy atom. The van der Waals surface area contributed by atoms with Crippen LogP contribution < -0.4 is 5.46 Å². The van der Waals surface area contributed by atoms with E-state index >= 15 is 0 Å². The molecule has 96 valence electrons. The number of hydrogen-bond donors (Lipinski definition) is 1. The number of hydrogen-bond acceptors (Lipinski definition) is 3. The third kappa shape index (κ3) is 3.28. The SMILES string of the molecule is [B]c1c(C=Nc2ccccc2)oc(O)c1CCCC. The van der Waals surface area contributed by atoms with Gasteiger partial charge in [-0.25, -0.2) is 0 Å². The Morgan fingerprint density at radius 1 is 1.32 bits per heavy atom. The maximum atomic E-state index is 9.73. The first-order valence-corrected chi connectivity index (χ1v) is 6.41. The molecule has 2 radical (unpaired) electrons. The first kappa shape index (κ1) is 13.5. The Labute approximate surface area is 114 Å². The summed E-state index contributed by atoms with van der Waals surface area (Å²) in [6.45, 7) is 2.09. The second-order valence-corrected chi connectivity index (χ2v) is 4.36. The quantitative estimate of drug-likeness (QED) is 0.657. The number of unbranched alkanes of at least 4 members (excludes halogenated alkanes) is 1. The summed E-state index contributed by atoms with van der Waals surface area (Å²) in [7, 11) is 5.96. The van der Waals surface area contributed by atoms with Gasteiger partial charge >= 0.3 is 0 Å². The summed E-state index contributed by atoms with van der Waals surface area (Å²) < 4.78 is 5.25. The molecule has 0 amide bonds. The largest absolute Gasteiger partial charge is 0.481 e. The second-order valence-electron chi connectivity index (χ2n) is 4.36. The van der Waals surface area contributed by atoms with Gasteiger partial charge in [0.05, 0.1) is 11.9 Å². The van der Waals surface area contributed by atoms with Gasteiger partial charge in [0.2, 0.25) is 0 Å². The lowest BCUT2D eigenvalue weighted by atomic mass is 9.89. The predicted octanol–water partition coefficient (Wildman–Crippen LogP) is 2.87. The molecule has 0 aliphatic carbocycles. The lowest BCUT2D eigenvalue weighted by Gasteiger charge is -1.97. The van der Waals surface area contributed by atoms with Gasteiger partial charge < -0.3 is 9.52 Å². The summed E-state index contributed by atoms with van der Waals surface area (Å²) in [6.07, 6.45) is 4.26. The zero-order chi connectivity index (χ0) is 13.7. The van der Waals surface area contributed by atoms with E-state index in [4.69, 9.17) is 12.3 Å². The molecule has 1 aromatic carbocycles. The number of para-hydroxylation sites is 1. The molecule has 0 saturated heterocycles. The predicted molar refractivity (Wildman–Crippen MR) is 78.1 cm³/mol. The molecule has 0 atom stereocenters. The topological polar surface area (TPSA) is 45.7 Å². The van der Waals surface area contributed by atoms with E-state index < -0.39 is 0 Å². The van der Waals surface area contributed by atoms with Crippen LogP contribution in [0.1, 0.15) is 31.1 Å². The smallest absolute Gasteiger partial charge is 0.285 e. The van der Waals surface area contributed by atoms with Crippen LogP contribution in [0.2, 0.25) is 0 Å². The van der Waals surface area contributed by atoms with Crippen LogP contribution in [0.25, 0.3) is 0 Å². The Bertz CT molecular complexity index is 561. The minimum atomic E-state index is -0.0968. The number of furan rings is 1. The van der Waals surface area contributed by atoms with Gasteiger partial charge in [0.1, 0.15) is 13.6 Å². The highest BCUT2D eigenvalue weighted by molar-refractivity contribution is 6.36. The molecular formula is C15H16BNO2. The van der Waals surface area contributed by atoms with Gasteiger partial charge in [-0.3, -0.25) is 4.99 Å². The fourth-order valence-corrected chi connectivity index (χ4v) is 1.82. The number of benzene rings is 1. The number of rotatable bonds is 5. The molecule has 0 fully saturated rings. The molecule has 2 rings (SSSR count). The van der Waals surface area contributed by atoms with Gasteiger partial charge in [0, 0.05) is 5.56 Å². The Kier molecular flexibility index (Phi) is 4.45. The molecule has 1 N–H and O–H groups in total. The Balaban J connectivity index is 2.19. The fraction of sp³-hybridized carbons (Fsp3) is 0.267. The highest BCUT2D eigenvalue weighted by Crippen LogP contribution is 2.21. The van der Waals surface area contributed by atoms with Gasteiger partial charge in [-0.2, -0.15) is 0 Å². The first-order chi connectivity index (χ1) is 9.22. The van der Waals surface area contributed by atoms with Crippen LogP contribution >= 0.6 is 0 Å². The van der Waals surface area contributed by atoms with Crippen molar-refractivity contribution in [1.29, 1.82) is 0 Å². The van der Waals surface area contributed by atoms with E-state index in [2.05, 4.69) is 11.9 Å². The van der Waals surface area contributed by atoms with Gasteiger partial charge in [-0.05, 0) is 30.4 Å². The molecule has 0 aliphatic rings. The molecule has 4 heteroatoms. The minimum absolute atomic E-state index is 0.0968. The Morgan fingerprint density at radius 2 is 2.05 bits per heavy atom. The fourth-order valence-electron chi connectivity index (χ4n) is 1.82. The summed E-state index contributed by atoms with van der Waals surface area (Å²) in [4.78, 5) is 4.26. The van der Waals surface area contributed by atoms with Crippen LogP contribution in [0, 0.1) is 0 Å². The summed E-state index contributed by atoms with van der Waals surface area (Å²) in [5.41, 5.74) is 1.97. The maximum absolute atomic E-state index is 9.73. The van der Waals surface area contributed by atoms with E-state index in [1.807, 2.05) is 30.3 Å². The zero-order valence-corrected chi connectivity index (χ0v) is 11.0. The number of nitrogens with zero attached hydrogens (tertiary/aromatic N) is 1. The normalized spacial score (nSPS) is 11.2. The summed E-state index contributed by atoms with van der Waals surface area (Å²) in [5, 5.41) is 9.73. The van der Waals surface area contributed by atoms with Crippen molar-refractivity contribution < 1.29 is 9.52 Å². The van der Waals surface area contributed by atoms with Gasteiger partial charge in [0.25, 0.3) is 5.95 Å². The lowest BCUT2D eigenvalue weighted by Crippen LogP contribution is -2.11. The van der Waals surface area contributed by atoms with Crippen molar-refractivity contribution in [2.75, 3.05) is 0 Å². The third-order valence-corrected chi connectivity index (χ3v) is 2.92. The zero-order valence-electron chi connectivity index (χ0n) is 11.0. The molecule has 1 heterocycles. The molecule has 0 saturated carbocycles. The number of aromatic hydroxyl groups is 1. The van der Waals surface area contributed by atoms with E-state index in [-0.39, 0.29) is 5.95 Å². The molecule has 0 aliphatic heterocycles. The second kappa shape index (κ2) is 6.27. The van der Waals surface area contributed by atoms with Gasteiger partial charge in [-0.15, -0.1) is 0 Å². The van der Waals surface area contributed by atoms with Crippen molar-refractivity contribution >= 4 is 25.2 Å². The van der Waals surface area contributed by atoms with Crippen LogP contribution in [0.15, 0.2) is 39.7 Å². The average molecular weight is 253 g/mol. The molecule has 19 heavy (non-hydrogen) atoms. The van der Waals surface area contributed by atoms with Crippen LogP contribution in [0.5, 0.6) is 5.95 Å². The van der Waals surface area contributed by atoms with Crippen molar-refractivity contribution in [3.8, 4) is 5.95 Å². The standard InChI is InChI=1S/C15H16BNO2/c1-2-3-9-12-14(16)13(19-15(12)18)10-17-11-7-5-4-6-8-11/h4-8,10,18H,2-3,9H2,1H3. The summed E-state index contributed by atoms with van der Waals surface area (Å²) in [5.74, 6) is 0.313. The molecule has 0 bridgehead atoms. The molecule has 3 nitrogen and oxygen atoms in total. The van der Waals surface area contributed by atoms with E-state index in [9.17, 15) is 5.11 Å². The highest BCUT2D eigenvalue weighted by Gasteiger charge is 2.13. The van der Waals surface area contributed by atoms with E-state index in [1.165, 1.54) is 0 Å². The van der Waals surface area contributed by atoms with Crippen molar-refractivity contribution in [2.45, 2.75) is 26.2 Å². The maximum Gasteiger partial charge on any atom is 0.285 e. The highest BCUT2D eigenvalue weighted by atomic mass is 16.5. The molecule has 0 unspecified atom stereocenters. The van der Waals surface area contributed by atoms with E-state index in [0.717, 1.165) is 24.9 Å². The average Bonchev–Trinajstić information content (AvgIpc) is 2.70. The van der Waals surface area contributed by atoms with Crippen LogP contribution in [0.4, 0.5) is 5.69 Å². The lowest BCUT2D eigenvalue weighted by molar-refractivity contribution is 0.326. The molecule has 2 aromatic rings. The van der Waals surface area contributed by atoms with Gasteiger partial charge in [-0.1, -0.05) is 31.5 Å². The van der Waals surface area contributed by atoms with Crippen molar-refractivity contribution in [3.63, 3.8) is 0 Å². The van der Waals surface area contributed by atoms with Gasteiger partial charge in [0.15, 0.2) is 0 Å². The third-order valence-electron chi connectivity index (χ3n) is 2.92. The minimum Gasteiger partial charge on any atom is -0.481 e. The van der Waals surface area contributed by atoms with Crippen LogP contribution in [-0.2, 0) is 6.42 Å². The molecular weight excluding hydrogens is 237 g/mol. The molecule has 0 spiro atoms. The summed E-state index contributed by atoms with van der Waals surface area (Å²) in [6, 6.07) is 9.50. The van der Waals surface area contributed by atoms with Crippen LogP contribution in [0.3, 0.4) is 0 Å². The number of aliphatic imine (C=N–C) groups is 1. The van der Waals surface area contributed by atoms with Crippen molar-refractivity contribution in [2.24, 2.45) is 4.99 Å².